The van der Waals surface area contributed by atoms with Crippen LogP contribution in [0.25, 0.3) is 0 Å². The van der Waals surface area contributed by atoms with Gasteiger partial charge in [-0.25, -0.2) is 0 Å². The Bertz CT molecular complexity index is 11.6. The van der Waals surface area contributed by atoms with Gasteiger partial charge in [-0.15, -0.1) is 0 Å². The summed E-state index contributed by atoms with van der Waals surface area (Å²) >= 11 is 0. The minimum absolute atomic E-state index is 0. The lowest BCUT2D eigenvalue weighted by atomic mass is 13.5. The molecule has 0 aromatic carbocycles. The highest BCUT2D eigenvalue weighted by atomic mass is 19.5. The van der Waals surface area contributed by atoms with Crippen LogP contribution in [0.5, 0.6) is 0 Å². The van der Waals surface area contributed by atoms with Crippen LogP contribution < -0.4 is 0 Å². The maximum absolute atomic E-state index is 9.50. The summed E-state index contributed by atoms with van der Waals surface area (Å²) in [5.41, 5.74) is -2.50. The Morgan fingerprint density at radius 2 is 1.00 bits per heavy atom. The van der Waals surface area contributed by atoms with Crippen molar-refractivity contribution in [2.24, 2.45) is 0 Å². The zero-order valence-electron chi connectivity index (χ0n) is 1.99. The third kappa shape index (κ3) is 129. The minimum Gasteiger partial charge on any atom is -0.0662 e. The Labute approximate surface area is 25.9 Å². The summed E-state index contributed by atoms with van der Waals surface area (Å²) in [6.07, 6.45) is 0. The molecule has 0 rings (SSSR count). The van der Waals surface area contributed by atoms with Crippen LogP contribution in [-0.2, 0) is 5.48 Å². The predicted molar refractivity (Wildman–Crippen MR) is 5.85 cm³/mol. The number of hydrogen-bond acceptors (Lipinski definition) is 1. The summed E-state index contributed by atoms with van der Waals surface area (Å²) < 4.78 is 28.5. The molecule has 0 bridgehead atoms. The van der Waals surface area contributed by atoms with Gasteiger partial charge in [-0.1, -0.05) is 13.4 Å². The van der Waals surface area contributed by atoms with Gasteiger partial charge in [-0.2, -0.15) is 0 Å². The third-order valence-corrected chi connectivity index (χ3v) is 0. The fraction of sp³-hybridized carbons (Fsp3) is 0. The molecular weight excluding hydrogens is 87.0 g/mol. The van der Waals surface area contributed by atoms with Crippen LogP contribution >= 0.6 is 0 Å². The molecule has 0 saturated carbocycles. The highest BCUT2D eigenvalue weighted by molar-refractivity contribution is 3.24. The van der Waals surface area contributed by atoms with Gasteiger partial charge >= 0.3 is 0 Å². The fourth-order valence-corrected chi connectivity index (χ4v) is 0. The highest BCUT2D eigenvalue weighted by Gasteiger charge is 1.80. The molecule has 0 saturated heterocycles. The zero-order chi connectivity index (χ0) is 3.58. The maximum atomic E-state index is 9.50. The van der Waals surface area contributed by atoms with Gasteiger partial charge in [0.25, 0.3) is 0 Å². The minimum atomic E-state index is -2.50. The summed E-state index contributed by atoms with van der Waals surface area (Å²) in [6, 6.07) is 0. The van der Waals surface area contributed by atoms with Crippen molar-refractivity contribution in [3.05, 3.63) is 0 Å². The van der Waals surface area contributed by atoms with Gasteiger partial charge in [-0.3, -0.25) is 0 Å². The van der Waals surface area contributed by atoms with E-state index in [1.165, 1.54) is 0 Å². The van der Waals surface area contributed by atoms with Crippen molar-refractivity contribution in [3.63, 3.8) is 0 Å². The normalized spacial score (nSPS) is 7.20. The smallest absolute Gasteiger partial charge is 0.0662 e. The fourth-order valence-electron chi connectivity index (χ4n) is 0. The predicted octanol–water partition coefficient (Wildman–Crippen LogP) is 0.823. The van der Waals surface area contributed by atoms with Crippen LogP contribution in [0.4, 0.5) is 13.4 Å². The van der Waals surface area contributed by atoms with Gasteiger partial charge in [0, 0.05) is 5.48 Å². The molecule has 0 atom stereocenters. The Kier molecular flexibility index (Phi) is 6.55. The molecule has 32 valence electrons. The first-order chi connectivity index (χ1) is 1.73. The largest absolute Gasteiger partial charge is 0.199 e. The van der Waals surface area contributed by atoms with E-state index in [-0.39, 0.29) is 5.48 Å². The van der Waals surface area contributed by atoms with Gasteiger partial charge in [0.2, 0.25) is 0 Å². The van der Waals surface area contributed by atoms with Crippen LogP contribution in [0, 0.1) is 0 Å². The quantitative estimate of drug-likeness (QED) is 0.402. The summed E-state index contributed by atoms with van der Waals surface area (Å²) in [6.45, 7) is 0. The lowest BCUT2D eigenvalue weighted by Crippen LogP contribution is -1.72. The number of hydrogen-bond donors (Lipinski definition) is 0. The molecule has 0 aliphatic heterocycles. The van der Waals surface area contributed by atoms with Crippen molar-refractivity contribution in [3.8, 4) is 0 Å². The van der Waals surface area contributed by atoms with Gasteiger partial charge in [0.1, 0.15) is 0 Å². The summed E-state index contributed by atoms with van der Waals surface area (Å²) in [4.78, 5) is 0. The average Bonchev–Trinajstić information content (AvgIpc) is 0.811. The van der Waals surface area contributed by atoms with E-state index in [2.05, 4.69) is 0 Å². The van der Waals surface area contributed by atoms with E-state index < -0.39 is 5.57 Å². The van der Waals surface area contributed by atoms with Gasteiger partial charge in [0.05, 0.1) is 0 Å². The topological polar surface area (TPSA) is 31.7 Å². The molecule has 0 aliphatic rings. The van der Waals surface area contributed by atoms with E-state index >= 15 is 0 Å². The Hall–Kier alpha value is -0.290. The molecule has 0 unspecified atom stereocenters. The molecule has 5 heavy (non-hydrogen) atoms. The van der Waals surface area contributed by atoms with Gasteiger partial charge in [0.15, 0.2) is 5.57 Å². The third-order valence-electron chi connectivity index (χ3n) is 0. The molecule has 0 aromatic rings. The molecule has 5 heteroatoms. The highest BCUT2D eigenvalue weighted by Crippen LogP contribution is 1.82. The van der Waals surface area contributed by atoms with Crippen LogP contribution in [0.1, 0.15) is 0 Å². The second kappa shape index (κ2) is 3.71. The summed E-state index contributed by atoms with van der Waals surface area (Å²) in [5.74, 6) is 0. The molecule has 0 N–H and O–H groups in total. The van der Waals surface area contributed by atoms with E-state index in [0.29, 0.717) is 0 Å². The second-order valence-electron chi connectivity index (χ2n) is 0.192. The SMILES string of the molecule is FN(F)F.[O]. The maximum Gasteiger partial charge on any atom is 0.199 e. The number of halogens is 3. The van der Waals surface area contributed by atoms with Crippen LogP contribution in [0.3, 0.4) is 0 Å². The lowest BCUT2D eigenvalue weighted by molar-refractivity contribution is -0.295. The first-order valence-electron chi connectivity index (χ1n) is 0.507. The van der Waals surface area contributed by atoms with Crippen LogP contribution in [0.2, 0.25) is 0 Å². The molecule has 2 nitrogen and oxygen atoms in total. The van der Waals surface area contributed by atoms with Crippen molar-refractivity contribution in [2.75, 3.05) is 0 Å². The molecule has 0 aliphatic carbocycles. The van der Waals surface area contributed by atoms with Crippen molar-refractivity contribution < 1.29 is 18.9 Å². The van der Waals surface area contributed by atoms with E-state index in [9.17, 15) is 13.4 Å². The summed E-state index contributed by atoms with van der Waals surface area (Å²) in [5, 5.41) is 0. The van der Waals surface area contributed by atoms with Crippen molar-refractivity contribution in [2.45, 2.75) is 0 Å². The van der Waals surface area contributed by atoms with Gasteiger partial charge in [-0.05, 0) is 0 Å². The standard InChI is InChI=1S/F3N.O/c1-4(2)3;. The van der Waals surface area contributed by atoms with E-state index in [4.69, 9.17) is 0 Å². The molecule has 0 spiro atoms. The monoisotopic (exact) mass is 87.0 g/mol. The van der Waals surface area contributed by atoms with Crippen molar-refractivity contribution in [1.82, 2.24) is 5.57 Å². The number of rotatable bonds is 0. The summed E-state index contributed by atoms with van der Waals surface area (Å²) in [7, 11) is 0. The van der Waals surface area contributed by atoms with E-state index in [1.54, 1.807) is 0 Å². The Morgan fingerprint density at radius 1 is 1.00 bits per heavy atom. The molecule has 0 aromatic heterocycles. The second-order valence-corrected chi connectivity index (χ2v) is 0.192. The molecule has 2 radical (unpaired) electrons. The van der Waals surface area contributed by atoms with E-state index in [1.807, 2.05) is 0 Å². The molecule has 0 heterocycles. The van der Waals surface area contributed by atoms with Crippen molar-refractivity contribution >= 4 is 0 Å². The molecular formula is F3NO. The average molecular weight is 87.0 g/mol. The van der Waals surface area contributed by atoms with Crippen LogP contribution in [0.15, 0.2) is 0 Å². The number of nitrogens with zero attached hydrogens (tertiary/aromatic N) is 1. The Balaban J connectivity index is 0. The van der Waals surface area contributed by atoms with E-state index in [0.717, 1.165) is 0 Å². The Morgan fingerprint density at radius 3 is 1.00 bits per heavy atom. The lowest BCUT2D eigenvalue weighted by Gasteiger charge is -1.67. The first-order valence-corrected chi connectivity index (χ1v) is 0.507. The zero-order valence-corrected chi connectivity index (χ0v) is 1.99. The molecule has 0 amide bonds. The first kappa shape index (κ1) is 8.83. The van der Waals surface area contributed by atoms with Crippen molar-refractivity contribution in [1.29, 1.82) is 0 Å². The van der Waals surface area contributed by atoms with Gasteiger partial charge < -0.3 is 0 Å². The van der Waals surface area contributed by atoms with Crippen LogP contribution in [-0.4, -0.2) is 5.57 Å². The molecule has 0 fully saturated rings.